The predicted molar refractivity (Wildman–Crippen MR) is 217 cm³/mol. The molecule has 55 heavy (non-hydrogen) atoms. The number of benzene rings is 6. The van der Waals surface area contributed by atoms with Crippen molar-refractivity contribution >= 4 is 0 Å². The van der Waals surface area contributed by atoms with Gasteiger partial charge < -0.3 is 13.9 Å². The maximum absolute atomic E-state index is 7.35. The van der Waals surface area contributed by atoms with Gasteiger partial charge in [-0.3, -0.25) is 0 Å². The molecular weight excluding hydrogens is 673 g/mol. The van der Waals surface area contributed by atoms with Crippen molar-refractivity contribution in [2.75, 3.05) is 0 Å². The smallest absolute Gasteiger partial charge is 0.121 e. The number of rotatable bonds is 12. The Balaban J connectivity index is 1.05. The summed E-state index contributed by atoms with van der Waals surface area (Å²) in [5.74, 6) is 0. The fourth-order valence-corrected chi connectivity index (χ4v) is 8.88. The van der Waals surface area contributed by atoms with Gasteiger partial charge in [0.2, 0.25) is 0 Å². The molecule has 0 radical (unpaired) electrons. The number of ether oxygens (including phenoxy) is 1. The summed E-state index contributed by atoms with van der Waals surface area (Å²) in [7, 11) is 0. The highest BCUT2D eigenvalue weighted by Gasteiger charge is 2.59. The van der Waals surface area contributed by atoms with E-state index < -0.39 is 22.3 Å². The van der Waals surface area contributed by atoms with Crippen LogP contribution in [0.4, 0.5) is 0 Å². The number of nitrogens with zero attached hydrogens (tertiary/aromatic N) is 4. The largest absolute Gasteiger partial charge is 0.356 e. The van der Waals surface area contributed by atoms with Crippen LogP contribution in [-0.4, -0.2) is 19.1 Å². The molecule has 2 heterocycles. The van der Waals surface area contributed by atoms with Crippen molar-refractivity contribution in [1.29, 1.82) is 0 Å². The van der Waals surface area contributed by atoms with Crippen LogP contribution >= 0.6 is 0 Å². The summed E-state index contributed by atoms with van der Waals surface area (Å²) in [6.45, 7) is 0. The Bertz CT molecular complexity index is 2130. The summed E-state index contributed by atoms with van der Waals surface area (Å²) in [6.07, 6.45) is 12.2. The van der Waals surface area contributed by atoms with Crippen LogP contribution in [0.1, 0.15) is 70.5 Å². The summed E-state index contributed by atoms with van der Waals surface area (Å²) < 4.78 is 12.0. The molecule has 2 aliphatic carbocycles. The molecule has 0 N–H and O–H groups in total. The molecule has 0 spiro atoms. The average Bonchev–Trinajstić information content (AvgIpc) is 4.09. The molecule has 2 aliphatic rings. The molecule has 2 aromatic heterocycles. The first-order chi connectivity index (χ1) is 27.2. The molecule has 0 atom stereocenters. The van der Waals surface area contributed by atoms with E-state index in [1.165, 1.54) is 33.4 Å². The van der Waals surface area contributed by atoms with Gasteiger partial charge in [-0.05, 0) is 59.1 Å². The highest BCUT2D eigenvalue weighted by Crippen LogP contribution is 2.60. The lowest BCUT2D eigenvalue weighted by molar-refractivity contribution is -0.0592. The molecule has 2 saturated carbocycles. The van der Waals surface area contributed by atoms with Gasteiger partial charge in [0.1, 0.15) is 22.3 Å². The topological polar surface area (TPSA) is 44.9 Å². The highest BCUT2D eigenvalue weighted by molar-refractivity contribution is 5.52. The molecule has 5 heteroatoms. The summed E-state index contributed by atoms with van der Waals surface area (Å²) in [4.78, 5) is 10.3. The summed E-state index contributed by atoms with van der Waals surface area (Å²) in [5, 5.41) is 0. The van der Waals surface area contributed by atoms with E-state index in [-0.39, 0.29) is 0 Å². The molecule has 5 nitrogen and oxygen atoms in total. The van der Waals surface area contributed by atoms with Gasteiger partial charge in [0, 0.05) is 12.4 Å². The quantitative estimate of drug-likeness (QED) is 0.118. The van der Waals surface area contributed by atoms with E-state index in [0.717, 1.165) is 37.1 Å². The third-order valence-corrected chi connectivity index (χ3v) is 11.8. The lowest BCUT2D eigenvalue weighted by atomic mass is 9.76. The van der Waals surface area contributed by atoms with Gasteiger partial charge in [-0.1, -0.05) is 182 Å². The Morgan fingerprint density at radius 3 is 0.818 bits per heavy atom. The summed E-state index contributed by atoms with van der Waals surface area (Å²) in [6, 6.07) is 64.6. The van der Waals surface area contributed by atoms with Crippen LogP contribution in [0, 0.1) is 0 Å². The molecule has 268 valence electrons. The van der Waals surface area contributed by atoms with Crippen LogP contribution in [-0.2, 0) is 27.0 Å². The van der Waals surface area contributed by atoms with Crippen LogP contribution in [0.15, 0.2) is 207 Å². The van der Waals surface area contributed by atoms with Gasteiger partial charge >= 0.3 is 0 Å². The van der Waals surface area contributed by atoms with Crippen LogP contribution in [0.2, 0.25) is 0 Å². The van der Waals surface area contributed by atoms with Crippen molar-refractivity contribution in [3.05, 3.63) is 252 Å². The maximum Gasteiger partial charge on any atom is 0.121 e. The molecular formula is C50H42N4O. The van der Waals surface area contributed by atoms with Crippen molar-refractivity contribution in [3.8, 4) is 0 Å². The van der Waals surface area contributed by atoms with Gasteiger partial charge in [0.15, 0.2) is 0 Å². The second-order valence-electron chi connectivity index (χ2n) is 15.0. The Kier molecular flexibility index (Phi) is 8.00. The van der Waals surface area contributed by atoms with E-state index in [9.17, 15) is 0 Å². The van der Waals surface area contributed by atoms with Crippen LogP contribution < -0.4 is 0 Å². The van der Waals surface area contributed by atoms with Crippen LogP contribution in [0.25, 0.3) is 0 Å². The molecule has 8 aromatic rings. The molecule has 6 aromatic carbocycles. The second kappa shape index (κ2) is 13.2. The van der Waals surface area contributed by atoms with E-state index in [4.69, 9.17) is 14.7 Å². The molecule has 0 bridgehead atoms. The molecule has 2 fully saturated rings. The van der Waals surface area contributed by atoms with E-state index in [1.54, 1.807) is 0 Å². The van der Waals surface area contributed by atoms with Gasteiger partial charge in [-0.2, -0.15) is 0 Å². The molecule has 0 unspecified atom stereocenters. The number of hydrogen-bond donors (Lipinski definition) is 0. The number of aromatic nitrogens is 4. The van der Waals surface area contributed by atoms with Crippen molar-refractivity contribution in [2.24, 2.45) is 0 Å². The minimum atomic E-state index is -0.628. The minimum Gasteiger partial charge on any atom is -0.356 e. The second-order valence-corrected chi connectivity index (χ2v) is 15.0. The SMILES string of the molecule is c1ccc(C(c2ccccc2)(c2ccccc2)n2cnc(C3(OC4(c5cn(C(c6ccccc6)(c6ccccc6)c6ccccc6)cn5)CC4)CC3)c2)cc1. The molecule has 0 aliphatic heterocycles. The maximum atomic E-state index is 7.35. The standard InChI is InChI=1S/C50H42N4O/c1-7-19-39(20-8-1)49(40-21-9-2-10-22-40,41-23-11-3-12-24-41)53-35-45(51-37-53)47(31-32-47)55-48(33-34-48)46-36-54(38-52-46)50(42-25-13-4-14-26-42,43-27-15-5-16-28-43)44-29-17-6-18-30-44/h1-30,35-38H,31-34H2. The van der Waals surface area contributed by atoms with Gasteiger partial charge in [0.05, 0.1) is 24.0 Å². The normalized spacial score (nSPS) is 15.7. The molecule has 0 saturated heterocycles. The monoisotopic (exact) mass is 714 g/mol. The summed E-state index contributed by atoms with van der Waals surface area (Å²) in [5.41, 5.74) is 6.76. The zero-order valence-corrected chi connectivity index (χ0v) is 30.7. The number of hydrogen-bond acceptors (Lipinski definition) is 3. The van der Waals surface area contributed by atoms with Crippen molar-refractivity contribution < 1.29 is 4.74 Å². The fraction of sp³-hybridized carbons (Fsp3) is 0.160. The van der Waals surface area contributed by atoms with Crippen molar-refractivity contribution in [3.63, 3.8) is 0 Å². The lowest BCUT2D eigenvalue weighted by Gasteiger charge is -2.37. The Morgan fingerprint density at radius 2 is 0.600 bits per heavy atom. The highest BCUT2D eigenvalue weighted by atomic mass is 16.5. The molecule has 0 amide bonds. The number of imidazole rings is 2. The first-order valence-corrected chi connectivity index (χ1v) is 19.3. The van der Waals surface area contributed by atoms with E-state index in [2.05, 4.69) is 204 Å². The third-order valence-electron chi connectivity index (χ3n) is 11.8. The zero-order valence-electron chi connectivity index (χ0n) is 30.7. The van der Waals surface area contributed by atoms with Crippen LogP contribution in [0.3, 0.4) is 0 Å². The van der Waals surface area contributed by atoms with E-state index in [0.29, 0.717) is 0 Å². The lowest BCUT2D eigenvalue weighted by Crippen LogP contribution is -2.37. The average molecular weight is 715 g/mol. The van der Waals surface area contributed by atoms with Crippen molar-refractivity contribution in [2.45, 2.75) is 48.0 Å². The Labute approximate surface area is 322 Å². The van der Waals surface area contributed by atoms with E-state index >= 15 is 0 Å². The van der Waals surface area contributed by atoms with Gasteiger partial charge in [-0.15, -0.1) is 0 Å². The Hall–Kier alpha value is -6.30. The zero-order chi connectivity index (χ0) is 36.8. The van der Waals surface area contributed by atoms with Crippen LogP contribution in [0.5, 0.6) is 0 Å². The third kappa shape index (κ3) is 5.41. The van der Waals surface area contributed by atoms with Crippen molar-refractivity contribution in [1.82, 2.24) is 19.1 Å². The summed E-state index contributed by atoms with van der Waals surface area (Å²) >= 11 is 0. The first kappa shape index (κ1) is 33.3. The van der Waals surface area contributed by atoms with Gasteiger partial charge in [-0.25, -0.2) is 9.97 Å². The van der Waals surface area contributed by atoms with Gasteiger partial charge in [0.25, 0.3) is 0 Å². The fourth-order valence-electron chi connectivity index (χ4n) is 8.88. The van der Waals surface area contributed by atoms with E-state index in [1.807, 2.05) is 12.7 Å². The first-order valence-electron chi connectivity index (χ1n) is 19.3. The molecule has 10 rings (SSSR count). The minimum absolute atomic E-state index is 0.475. The predicted octanol–water partition coefficient (Wildman–Crippen LogP) is 10.5. The Morgan fingerprint density at radius 1 is 0.364 bits per heavy atom.